The summed E-state index contributed by atoms with van der Waals surface area (Å²) in [5.41, 5.74) is 0. The SMILES string of the molecule is O=S(=O)(N1CCOCC1)N(C[C@H]1CCOC1)C1CC1. The summed E-state index contributed by atoms with van der Waals surface area (Å²) in [5.74, 6) is 0.358. The third-order valence-electron chi connectivity index (χ3n) is 4.01. The Morgan fingerprint density at radius 1 is 1.05 bits per heavy atom. The van der Waals surface area contributed by atoms with Crippen molar-refractivity contribution < 1.29 is 17.9 Å². The summed E-state index contributed by atoms with van der Waals surface area (Å²) < 4.78 is 39.3. The number of hydrogen-bond donors (Lipinski definition) is 0. The van der Waals surface area contributed by atoms with Gasteiger partial charge in [0.2, 0.25) is 0 Å². The molecule has 19 heavy (non-hydrogen) atoms. The Kier molecular flexibility index (Phi) is 4.09. The molecule has 3 aliphatic rings. The molecule has 0 bridgehead atoms. The first-order valence-corrected chi connectivity index (χ1v) is 8.50. The highest BCUT2D eigenvalue weighted by molar-refractivity contribution is 7.86. The minimum Gasteiger partial charge on any atom is -0.381 e. The molecule has 1 saturated carbocycles. The fraction of sp³-hybridized carbons (Fsp3) is 1.00. The lowest BCUT2D eigenvalue weighted by atomic mass is 10.1. The predicted octanol–water partition coefficient (Wildman–Crippen LogP) is 0.0643. The molecule has 0 unspecified atom stereocenters. The Balaban J connectivity index is 1.70. The first-order valence-electron chi connectivity index (χ1n) is 7.10. The Labute approximate surface area is 114 Å². The van der Waals surface area contributed by atoms with Gasteiger partial charge >= 0.3 is 0 Å². The van der Waals surface area contributed by atoms with Gasteiger partial charge in [-0.25, -0.2) is 0 Å². The number of morpholine rings is 1. The van der Waals surface area contributed by atoms with Crippen LogP contribution >= 0.6 is 0 Å². The van der Waals surface area contributed by atoms with Gasteiger partial charge in [0.15, 0.2) is 0 Å². The average molecular weight is 290 g/mol. The second-order valence-corrected chi connectivity index (χ2v) is 7.43. The lowest BCUT2D eigenvalue weighted by Crippen LogP contribution is -2.50. The first-order chi connectivity index (χ1) is 9.18. The van der Waals surface area contributed by atoms with Gasteiger partial charge < -0.3 is 9.47 Å². The monoisotopic (exact) mass is 290 g/mol. The third-order valence-corrected chi connectivity index (χ3v) is 6.07. The van der Waals surface area contributed by atoms with E-state index in [0.29, 0.717) is 45.4 Å². The fourth-order valence-corrected chi connectivity index (χ4v) is 4.60. The summed E-state index contributed by atoms with van der Waals surface area (Å²) in [7, 11) is -3.32. The summed E-state index contributed by atoms with van der Waals surface area (Å²) in [6, 6.07) is 0.216. The predicted molar refractivity (Wildman–Crippen MR) is 70.0 cm³/mol. The Morgan fingerprint density at radius 2 is 1.79 bits per heavy atom. The quantitative estimate of drug-likeness (QED) is 0.719. The maximum absolute atomic E-state index is 12.7. The van der Waals surface area contributed by atoms with Gasteiger partial charge in [-0.05, 0) is 25.2 Å². The average Bonchev–Trinajstić information content (AvgIpc) is 3.13. The van der Waals surface area contributed by atoms with Gasteiger partial charge in [0.05, 0.1) is 19.8 Å². The fourth-order valence-electron chi connectivity index (χ4n) is 2.70. The minimum absolute atomic E-state index is 0.216. The van der Waals surface area contributed by atoms with Gasteiger partial charge in [-0.2, -0.15) is 17.0 Å². The van der Waals surface area contributed by atoms with E-state index in [1.165, 1.54) is 0 Å². The molecule has 0 aromatic heterocycles. The largest absolute Gasteiger partial charge is 0.381 e. The molecule has 1 aliphatic carbocycles. The van der Waals surface area contributed by atoms with Crippen LogP contribution in [0.5, 0.6) is 0 Å². The van der Waals surface area contributed by atoms with Crippen LogP contribution in [-0.4, -0.2) is 69.1 Å². The van der Waals surface area contributed by atoms with Gasteiger partial charge in [-0.1, -0.05) is 0 Å². The summed E-state index contributed by atoms with van der Waals surface area (Å²) in [5, 5.41) is 0. The lowest BCUT2D eigenvalue weighted by molar-refractivity contribution is 0.0695. The van der Waals surface area contributed by atoms with Gasteiger partial charge in [-0.15, -0.1) is 0 Å². The van der Waals surface area contributed by atoms with Crippen LogP contribution in [-0.2, 0) is 19.7 Å². The van der Waals surface area contributed by atoms with Crippen LogP contribution < -0.4 is 0 Å². The van der Waals surface area contributed by atoms with Crippen LogP contribution in [0.25, 0.3) is 0 Å². The van der Waals surface area contributed by atoms with E-state index in [1.807, 2.05) is 0 Å². The van der Waals surface area contributed by atoms with Crippen LogP contribution in [0.1, 0.15) is 19.3 Å². The summed E-state index contributed by atoms with van der Waals surface area (Å²) in [6.07, 6.45) is 2.97. The first kappa shape index (κ1) is 13.8. The Morgan fingerprint density at radius 3 is 2.37 bits per heavy atom. The maximum atomic E-state index is 12.7. The normalized spacial score (nSPS) is 30.1. The molecule has 0 aromatic carbocycles. The second kappa shape index (κ2) is 5.65. The van der Waals surface area contributed by atoms with E-state index in [1.54, 1.807) is 8.61 Å². The maximum Gasteiger partial charge on any atom is 0.282 e. The van der Waals surface area contributed by atoms with Crippen molar-refractivity contribution in [2.24, 2.45) is 5.92 Å². The highest BCUT2D eigenvalue weighted by Crippen LogP contribution is 2.32. The van der Waals surface area contributed by atoms with E-state index in [0.717, 1.165) is 25.9 Å². The molecule has 2 aliphatic heterocycles. The zero-order chi connectivity index (χ0) is 13.3. The molecule has 0 radical (unpaired) electrons. The summed E-state index contributed by atoms with van der Waals surface area (Å²) in [6.45, 7) is 4.04. The van der Waals surface area contributed by atoms with Crippen LogP contribution in [0.2, 0.25) is 0 Å². The molecule has 0 aromatic rings. The molecule has 0 N–H and O–H groups in total. The smallest absolute Gasteiger partial charge is 0.282 e. The zero-order valence-electron chi connectivity index (χ0n) is 11.2. The van der Waals surface area contributed by atoms with E-state index in [4.69, 9.17) is 9.47 Å². The molecule has 110 valence electrons. The molecule has 3 fully saturated rings. The van der Waals surface area contributed by atoms with E-state index in [2.05, 4.69) is 0 Å². The van der Waals surface area contributed by atoms with Crippen LogP contribution in [0.15, 0.2) is 0 Å². The lowest BCUT2D eigenvalue weighted by Gasteiger charge is -2.33. The van der Waals surface area contributed by atoms with E-state index < -0.39 is 10.2 Å². The van der Waals surface area contributed by atoms with Crippen molar-refractivity contribution in [3.63, 3.8) is 0 Å². The zero-order valence-corrected chi connectivity index (χ0v) is 12.0. The highest BCUT2D eigenvalue weighted by Gasteiger charge is 2.42. The number of ether oxygens (including phenoxy) is 2. The van der Waals surface area contributed by atoms with Crippen molar-refractivity contribution in [2.45, 2.75) is 25.3 Å². The van der Waals surface area contributed by atoms with E-state index in [-0.39, 0.29) is 6.04 Å². The molecular weight excluding hydrogens is 268 g/mol. The summed E-state index contributed by atoms with van der Waals surface area (Å²) in [4.78, 5) is 0. The van der Waals surface area contributed by atoms with Crippen molar-refractivity contribution in [1.82, 2.24) is 8.61 Å². The Bertz CT molecular complexity index is 398. The van der Waals surface area contributed by atoms with Crippen LogP contribution in [0.4, 0.5) is 0 Å². The summed E-state index contributed by atoms with van der Waals surface area (Å²) >= 11 is 0. The molecule has 2 saturated heterocycles. The van der Waals surface area contributed by atoms with E-state index >= 15 is 0 Å². The van der Waals surface area contributed by atoms with Gasteiger partial charge in [0.25, 0.3) is 10.2 Å². The van der Waals surface area contributed by atoms with Crippen molar-refractivity contribution in [3.8, 4) is 0 Å². The number of nitrogens with zero attached hydrogens (tertiary/aromatic N) is 2. The third kappa shape index (κ3) is 3.11. The van der Waals surface area contributed by atoms with Gasteiger partial charge in [0, 0.05) is 32.3 Å². The highest BCUT2D eigenvalue weighted by atomic mass is 32.2. The molecule has 0 spiro atoms. The van der Waals surface area contributed by atoms with Crippen molar-refractivity contribution in [3.05, 3.63) is 0 Å². The minimum atomic E-state index is -3.32. The van der Waals surface area contributed by atoms with Crippen LogP contribution in [0.3, 0.4) is 0 Å². The second-order valence-electron chi connectivity index (χ2n) is 5.55. The number of rotatable bonds is 5. The van der Waals surface area contributed by atoms with Gasteiger partial charge in [0.1, 0.15) is 0 Å². The molecule has 0 amide bonds. The molecule has 3 rings (SSSR count). The van der Waals surface area contributed by atoms with Gasteiger partial charge in [-0.3, -0.25) is 0 Å². The topological polar surface area (TPSA) is 59.1 Å². The number of hydrogen-bond acceptors (Lipinski definition) is 4. The van der Waals surface area contributed by atoms with Crippen molar-refractivity contribution in [2.75, 3.05) is 46.1 Å². The van der Waals surface area contributed by atoms with Crippen LogP contribution in [0, 0.1) is 5.92 Å². The molecule has 2 heterocycles. The van der Waals surface area contributed by atoms with Crippen molar-refractivity contribution in [1.29, 1.82) is 0 Å². The standard InChI is InChI=1S/C12H22N2O4S/c15-19(16,13-4-7-17-8-5-13)14(12-1-2-12)9-11-3-6-18-10-11/h11-12H,1-10H2/t11-/m1/s1. The van der Waals surface area contributed by atoms with Crippen molar-refractivity contribution >= 4 is 10.2 Å². The Hall–Kier alpha value is -0.210. The molecule has 7 heteroatoms. The molecular formula is C12H22N2O4S. The molecule has 1 atom stereocenters. The molecule has 6 nitrogen and oxygen atoms in total. The van der Waals surface area contributed by atoms with E-state index in [9.17, 15) is 8.42 Å².